The number of rotatable bonds is 6. The molecule has 1 aromatic heterocycles. The van der Waals surface area contributed by atoms with Gasteiger partial charge in [0.1, 0.15) is 5.75 Å². The number of aliphatic hydroxyl groups excluding tert-OH is 1. The molecule has 0 aliphatic rings. The number of amides is 1. The van der Waals surface area contributed by atoms with E-state index < -0.39 is 0 Å². The summed E-state index contributed by atoms with van der Waals surface area (Å²) in [6, 6.07) is 9.11. The van der Waals surface area contributed by atoms with E-state index in [1.165, 1.54) is 6.20 Å². The topological polar surface area (TPSA) is 71.5 Å². The fourth-order valence-corrected chi connectivity index (χ4v) is 2.04. The van der Waals surface area contributed by atoms with Crippen molar-refractivity contribution < 1.29 is 14.6 Å². The van der Waals surface area contributed by atoms with E-state index in [2.05, 4.69) is 10.3 Å². The minimum Gasteiger partial charge on any atom is -0.489 e. The molecule has 1 aromatic carbocycles. The largest absolute Gasteiger partial charge is 0.489 e. The van der Waals surface area contributed by atoms with E-state index in [1.807, 2.05) is 38.1 Å². The molecule has 0 aliphatic carbocycles. The van der Waals surface area contributed by atoms with Crippen LogP contribution in [-0.2, 0) is 13.2 Å². The lowest BCUT2D eigenvalue weighted by Gasteiger charge is -2.11. The number of hydrogen-bond donors (Lipinski definition) is 2. The Hall–Kier alpha value is -2.40. The summed E-state index contributed by atoms with van der Waals surface area (Å²) in [6.45, 7) is 4.13. The Bertz CT molecular complexity index is 641. The molecule has 0 unspecified atom stereocenters. The third-order valence-corrected chi connectivity index (χ3v) is 3.08. The van der Waals surface area contributed by atoms with Crippen molar-refractivity contribution in [3.8, 4) is 5.75 Å². The Morgan fingerprint density at radius 3 is 2.68 bits per heavy atom. The van der Waals surface area contributed by atoms with Crippen LogP contribution in [0.25, 0.3) is 0 Å². The predicted molar refractivity (Wildman–Crippen MR) is 83.5 cm³/mol. The average molecular weight is 300 g/mol. The highest BCUT2D eigenvalue weighted by Crippen LogP contribution is 2.13. The molecule has 116 valence electrons. The normalized spacial score (nSPS) is 10.5. The number of aliphatic hydroxyl groups is 1. The lowest BCUT2D eigenvalue weighted by atomic mass is 10.1. The van der Waals surface area contributed by atoms with Crippen molar-refractivity contribution in [1.29, 1.82) is 0 Å². The maximum Gasteiger partial charge on any atom is 0.253 e. The first-order chi connectivity index (χ1) is 10.6. The Morgan fingerprint density at radius 2 is 2.00 bits per heavy atom. The number of hydrogen-bond acceptors (Lipinski definition) is 4. The van der Waals surface area contributed by atoms with Crippen LogP contribution in [0, 0.1) is 0 Å². The molecule has 0 fully saturated rings. The average Bonchev–Trinajstić information content (AvgIpc) is 2.52. The van der Waals surface area contributed by atoms with Crippen LogP contribution >= 0.6 is 0 Å². The third-order valence-electron chi connectivity index (χ3n) is 3.08. The summed E-state index contributed by atoms with van der Waals surface area (Å²) in [4.78, 5) is 16.2. The Kier molecular flexibility index (Phi) is 5.49. The summed E-state index contributed by atoms with van der Waals surface area (Å²) in [6.07, 6.45) is 3.11. The van der Waals surface area contributed by atoms with Crippen LogP contribution < -0.4 is 10.1 Å². The number of carbonyl (C=O) groups excluding carboxylic acids is 1. The van der Waals surface area contributed by atoms with E-state index in [0.717, 1.165) is 11.1 Å². The molecule has 0 saturated carbocycles. The molecule has 0 saturated heterocycles. The SMILES string of the molecule is CC(C)Oc1cncc(C(=O)NCc2ccccc2CO)c1. The zero-order valence-electron chi connectivity index (χ0n) is 12.7. The first-order valence-corrected chi connectivity index (χ1v) is 7.17. The Balaban J connectivity index is 2.03. The van der Waals surface area contributed by atoms with Gasteiger partial charge in [0.2, 0.25) is 0 Å². The van der Waals surface area contributed by atoms with E-state index in [9.17, 15) is 9.90 Å². The Morgan fingerprint density at radius 1 is 1.27 bits per heavy atom. The fourth-order valence-electron chi connectivity index (χ4n) is 2.04. The first-order valence-electron chi connectivity index (χ1n) is 7.17. The van der Waals surface area contributed by atoms with Gasteiger partial charge in [-0.1, -0.05) is 24.3 Å². The van der Waals surface area contributed by atoms with Crippen molar-refractivity contribution in [2.75, 3.05) is 0 Å². The molecule has 0 radical (unpaired) electrons. The van der Waals surface area contributed by atoms with Gasteiger partial charge in [-0.25, -0.2) is 0 Å². The van der Waals surface area contributed by atoms with Gasteiger partial charge in [-0.15, -0.1) is 0 Å². The summed E-state index contributed by atoms with van der Waals surface area (Å²) in [5, 5.41) is 12.1. The maximum atomic E-state index is 12.2. The van der Waals surface area contributed by atoms with E-state index in [-0.39, 0.29) is 18.6 Å². The van der Waals surface area contributed by atoms with Gasteiger partial charge in [-0.05, 0) is 31.0 Å². The summed E-state index contributed by atoms with van der Waals surface area (Å²) < 4.78 is 5.53. The lowest BCUT2D eigenvalue weighted by Crippen LogP contribution is -2.23. The molecule has 1 heterocycles. The van der Waals surface area contributed by atoms with Crippen molar-refractivity contribution in [3.63, 3.8) is 0 Å². The van der Waals surface area contributed by atoms with E-state index >= 15 is 0 Å². The van der Waals surface area contributed by atoms with Gasteiger partial charge < -0.3 is 15.2 Å². The molecule has 2 N–H and O–H groups in total. The molecule has 0 spiro atoms. The fraction of sp³-hybridized carbons (Fsp3) is 0.294. The van der Waals surface area contributed by atoms with Crippen LogP contribution in [0.5, 0.6) is 5.75 Å². The monoisotopic (exact) mass is 300 g/mol. The van der Waals surface area contributed by atoms with Crippen molar-refractivity contribution in [3.05, 3.63) is 59.4 Å². The number of nitrogens with zero attached hydrogens (tertiary/aromatic N) is 1. The minimum absolute atomic E-state index is 0.0246. The zero-order chi connectivity index (χ0) is 15.9. The number of pyridine rings is 1. The van der Waals surface area contributed by atoms with Crippen molar-refractivity contribution in [2.24, 2.45) is 0 Å². The van der Waals surface area contributed by atoms with Gasteiger partial charge in [0.25, 0.3) is 5.91 Å². The quantitative estimate of drug-likeness (QED) is 0.858. The molecular formula is C17H20N2O3. The highest BCUT2D eigenvalue weighted by molar-refractivity contribution is 5.94. The van der Waals surface area contributed by atoms with E-state index in [1.54, 1.807) is 12.3 Å². The Labute approximate surface area is 130 Å². The molecule has 0 bridgehead atoms. The second-order valence-corrected chi connectivity index (χ2v) is 5.19. The van der Waals surface area contributed by atoms with Crippen molar-refractivity contribution >= 4 is 5.91 Å². The van der Waals surface area contributed by atoms with Crippen LogP contribution in [0.15, 0.2) is 42.7 Å². The van der Waals surface area contributed by atoms with Crippen molar-refractivity contribution in [2.45, 2.75) is 33.1 Å². The van der Waals surface area contributed by atoms with Crippen LogP contribution in [0.4, 0.5) is 0 Å². The first kappa shape index (κ1) is 16.0. The van der Waals surface area contributed by atoms with Gasteiger partial charge >= 0.3 is 0 Å². The minimum atomic E-state index is -0.227. The zero-order valence-corrected chi connectivity index (χ0v) is 12.7. The second kappa shape index (κ2) is 7.56. The summed E-state index contributed by atoms with van der Waals surface area (Å²) in [5.41, 5.74) is 2.14. The predicted octanol–water partition coefficient (Wildman–Crippen LogP) is 2.29. The standard InChI is InChI=1S/C17H20N2O3/c1-12(2)22-16-7-15(8-18-10-16)17(21)19-9-13-5-3-4-6-14(13)11-20/h3-8,10,12,20H,9,11H2,1-2H3,(H,19,21). The molecule has 0 atom stereocenters. The van der Waals surface area contributed by atoms with Gasteiger partial charge in [-0.2, -0.15) is 0 Å². The lowest BCUT2D eigenvalue weighted by molar-refractivity contribution is 0.0949. The molecular weight excluding hydrogens is 280 g/mol. The van der Waals surface area contributed by atoms with Gasteiger partial charge in [-0.3, -0.25) is 9.78 Å². The summed E-state index contributed by atoms with van der Waals surface area (Å²) in [7, 11) is 0. The van der Waals surface area contributed by atoms with Crippen LogP contribution in [0.2, 0.25) is 0 Å². The highest BCUT2D eigenvalue weighted by atomic mass is 16.5. The molecule has 5 nitrogen and oxygen atoms in total. The third kappa shape index (κ3) is 4.30. The number of benzene rings is 1. The second-order valence-electron chi connectivity index (χ2n) is 5.19. The molecule has 2 rings (SSSR count). The van der Waals surface area contributed by atoms with Gasteiger partial charge in [0.05, 0.1) is 24.5 Å². The molecule has 5 heteroatoms. The number of ether oxygens (including phenoxy) is 1. The molecule has 2 aromatic rings. The summed E-state index contributed by atoms with van der Waals surface area (Å²) >= 11 is 0. The summed E-state index contributed by atoms with van der Waals surface area (Å²) in [5.74, 6) is 0.341. The van der Waals surface area contributed by atoms with Crippen molar-refractivity contribution in [1.82, 2.24) is 10.3 Å². The highest BCUT2D eigenvalue weighted by Gasteiger charge is 2.09. The van der Waals surface area contributed by atoms with Gasteiger partial charge in [0, 0.05) is 12.7 Å². The van der Waals surface area contributed by atoms with E-state index in [4.69, 9.17) is 4.74 Å². The van der Waals surface area contributed by atoms with Gasteiger partial charge in [0.15, 0.2) is 0 Å². The van der Waals surface area contributed by atoms with E-state index in [0.29, 0.717) is 17.9 Å². The van der Waals surface area contributed by atoms with Crippen LogP contribution in [0.1, 0.15) is 35.3 Å². The number of carbonyl (C=O) groups is 1. The molecule has 1 amide bonds. The number of nitrogens with one attached hydrogen (secondary N) is 1. The smallest absolute Gasteiger partial charge is 0.253 e. The van der Waals surface area contributed by atoms with Crippen LogP contribution in [0.3, 0.4) is 0 Å². The maximum absolute atomic E-state index is 12.2. The van der Waals surface area contributed by atoms with Crippen LogP contribution in [-0.4, -0.2) is 22.1 Å². The molecule has 0 aliphatic heterocycles. The number of aromatic nitrogens is 1. The molecule has 22 heavy (non-hydrogen) atoms.